The Morgan fingerprint density at radius 1 is 1.00 bits per heavy atom. The normalized spacial score (nSPS) is 13.4. The second-order valence-electron chi connectivity index (χ2n) is 7.42. The number of carbonyl (C=O) groups is 2. The number of hydrogen-bond acceptors (Lipinski definition) is 5. The van der Waals surface area contributed by atoms with E-state index in [2.05, 4.69) is 5.32 Å². The Bertz CT molecular complexity index is 756. The predicted octanol–water partition coefficient (Wildman–Crippen LogP) is 2.70. The highest BCUT2D eigenvalue weighted by atomic mass is 16.6. The molecule has 150 valence electrons. The van der Waals surface area contributed by atoms with E-state index < -0.39 is 29.6 Å². The van der Waals surface area contributed by atoms with Gasteiger partial charge in [0, 0.05) is 5.56 Å². The molecule has 28 heavy (non-hydrogen) atoms. The molecule has 0 aromatic heterocycles. The minimum Gasteiger partial charge on any atom is -0.458 e. The Hall–Kier alpha value is -2.70. The van der Waals surface area contributed by atoms with Crippen LogP contribution in [-0.4, -0.2) is 41.3 Å². The first kappa shape index (κ1) is 21.6. The Labute approximate surface area is 165 Å². The van der Waals surface area contributed by atoms with Crippen LogP contribution in [0.3, 0.4) is 0 Å². The summed E-state index contributed by atoms with van der Waals surface area (Å²) in [6, 6.07) is 16.7. The maximum atomic E-state index is 12.5. The van der Waals surface area contributed by atoms with Gasteiger partial charge in [0.15, 0.2) is 6.04 Å². The van der Waals surface area contributed by atoms with Crippen LogP contribution in [0.25, 0.3) is 0 Å². The number of aliphatic hydroxyl groups is 1. The molecule has 0 heterocycles. The van der Waals surface area contributed by atoms with Crippen LogP contribution in [0.1, 0.15) is 36.7 Å². The second-order valence-corrected chi connectivity index (χ2v) is 7.42. The second kappa shape index (κ2) is 10.0. The Balaban J connectivity index is 2.03. The van der Waals surface area contributed by atoms with Gasteiger partial charge in [0.2, 0.25) is 0 Å². The number of ether oxygens (including phenoxy) is 2. The average molecular weight is 385 g/mol. The maximum Gasteiger partial charge on any atom is 0.331 e. The summed E-state index contributed by atoms with van der Waals surface area (Å²) < 4.78 is 10.9. The molecule has 2 atom stereocenters. The molecule has 2 aromatic rings. The lowest BCUT2D eigenvalue weighted by molar-refractivity contribution is -0.161. The van der Waals surface area contributed by atoms with Gasteiger partial charge in [0.05, 0.1) is 13.2 Å². The molecule has 0 aliphatic rings. The van der Waals surface area contributed by atoms with Gasteiger partial charge in [-0.05, 0) is 38.5 Å². The van der Waals surface area contributed by atoms with E-state index >= 15 is 0 Å². The molecular weight excluding hydrogens is 358 g/mol. The lowest BCUT2D eigenvalue weighted by Crippen LogP contribution is -2.52. The van der Waals surface area contributed by atoms with Crippen LogP contribution in [0.4, 0.5) is 0 Å². The molecule has 6 nitrogen and oxygen atoms in total. The summed E-state index contributed by atoms with van der Waals surface area (Å²) in [5, 5.41) is 13.1. The predicted molar refractivity (Wildman–Crippen MR) is 106 cm³/mol. The monoisotopic (exact) mass is 385 g/mol. The van der Waals surface area contributed by atoms with Crippen molar-refractivity contribution in [2.24, 2.45) is 0 Å². The summed E-state index contributed by atoms with van der Waals surface area (Å²) in [5.41, 5.74) is 0.572. The molecule has 0 aliphatic heterocycles. The van der Waals surface area contributed by atoms with Gasteiger partial charge in [0.25, 0.3) is 5.91 Å². The topological polar surface area (TPSA) is 84.9 Å². The molecule has 2 aromatic carbocycles. The third-order valence-electron chi connectivity index (χ3n) is 3.77. The van der Waals surface area contributed by atoms with Crippen molar-refractivity contribution in [3.8, 4) is 0 Å². The van der Waals surface area contributed by atoms with Gasteiger partial charge in [0.1, 0.15) is 11.7 Å². The molecule has 0 bridgehead atoms. The van der Waals surface area contributed by atoms with Crippen molar-refractivity contribution in [3.63, 3.8) is 0 Å². The number of nitrogens with one attached hydrogen (secondary N) is 1. The van der Waals surface area contributed by atoms with Crippen LogP contribution >= 0.6 is 0 Å². The zero-order valence-electron chi connectivity index (χ0n) is 16.4. The largest absolute Gasteiger partial charge is 0.458 e. The lowest BCUT2D eigenvalue weighted by Gasteiger charge is -2.27. The number of benzene rings is 2. The summed E-state index contributed by atoms with van der Waals surface area (Å²) in [7, 11) is 0. The summed E-state index contributed by atoms with van der Waals surface area (Å²) in [6.45, 7) is 5.32. The van der Waals surface area contributed by atoms with Crippen molar-refractivity contribution in [2.45, 2.75) is 45.1 Å². The van der Waals surface area contributed by atoms with Gasteiger partial charge < -0.3 is 19.9 Å². The number of esters is 1. The quantitative estimate of drug-likeness (QED) is 0.683. The first-order valence-electron chi connectivity index (χ1n) is 9.15. The van der Waals surface area contributed by atoms with Crippen molar-refractivity contribution in [1.29, 1.82) is 0 Å². The Morgan fingerprint density at radius 2 is 1.57 bits per heavy atom. The van der Waals surface area contributed by atoms with Crippen LogP contribution in [0.5, 0.6) is 0 Å². The highest BCUT2D eigenvalue weighted by Gasteiger charge is 2.33. The molecule has 2 rings (SSSR count). The molecule has 0 fully saturated rings. The van der Waals surface area contributed by atoms with Crippen LogP contribution < -0.4 is 5.32 Å². The van der Waals surface area contributed by atoms with Crippen molar-refractivity contribution in [2.75, 3.05) is 6.61 Å². The molecule has 2 N–H and O–H groups in total. The standard InChI is InChI=1S/C22H27NO5/c1-22(2,3)28-21(26)19(23-20(25)17-12-8-5-9-13-17)18(24)15-27-14-16-10-6-4-7-11-16/h4-13,18-19,24H,14-15H2,1-3H3,(H,23,25)/t18-,19-/m0/s1. The summed E-state index contributed by atoms with van der Waals surface area (Å²) in [5.74, 6) is -1.19. The average Bonchev–Trinajstić information content (AvgIpc) is 2.66. The van der Waals surface area contributed by atoms with Gasteiger partial charge in [-0.25, -0.2) is 4.79 Å². The van der Waals surface area contributed by atoms with Crippen molar-refractivity contribution < 1.29 is 24.2 Å². The van der Waals surface area contributed by atoms with Gasteiger partial charge in [-0.3, -0.25) is 4.79 Å². The maximum absolute atomic E-state index is 12.5. The van der Waals surface area contributed by atoms with Crippen LogP contribution in [0.15, 0.2) is 60.7 Å². The van der Waals surface area contributed by atoms with E-state index in [9.17, 15) is 14.7 Å². The van der Waals surface area contributed by atoms with Gasteiger partial charge >= 0.3 is 5.97 Å². The first-order chi connectivity index (χ1) is 13.3. The highest BCUT2D eigenvalue weighted by molar-refractivity contribution is 5.96. The van der Waals surface area contributed by atoms with Gasteiger partial charge in [-0.2, -0.15) is 0 Å². The van der Waals surface area contributed by atoms with E-state index in [1.807, 2.05) is 30.3 Å². The fourth-order valence-electron chi connectivity index (χ4n) is 2.46. The smallest absolute Gasteiger partial charge is 0.331 e. The zero-order chi connectivity index (χ0) is 20.6. The van der Waals surface area contributed by atoms with Crippen molar-refractivity contribution in [1.82, 2.24) is 5.32 Å². The molecule has 0 saturated carbocycles. The van der Waals surface area contributed by atoms with Gasteiger partial charge in [-0.15, -0.1) is 0 Å². The molecule has 0 spiro atoms. The Kier molecular flexibility index (Phi) is 7.72. The summed E-state index contributed by atoms with van der Waals surface area (Å²) in [6.07, 6.45) is -1.26. The minimum absolute atomic E-state index is 0.131. The third-order valence-corrected chi connectivity index (χ3v) is 3.77. The number of rotatable bonds is 8. The molecule has 1 amide bonds. The first-order valence-corrected chi connectivity index (χ1v) is 9.15. The summed E-state index contributed by atoms with van der Waals surface area (Å²) >= 11 is 0. The van der Waals surface area contributed by atoms with E-state index in [-0.39, 0.29) is 13.2 Å². The fraction of sp³-hybridized carbons (Fsp3) is 0.364. The van der Waals surface area contributed by atoms with E-state index in [0.29, 0.717) is 5.56 Å². The van der Waals surface area contributed by atoms with Crippen molar-refractivity contribution >= 4 is 11.9 Å². The lowest BCUT2D eigenvalue weighted by atomic mass is 10.1. The van der Waals surface area contributed by atoms with E-state index in [0.717, 1.165) is 5.56 Å². The van der Waals surface area contributed by atoms with Crippen LogP contribution in [0, 0.1) is 0 Å². The SMILES string of the molecule is CC(C)(C)OC(=O)[C@@H](NC(=O)c1ccccc1)[C@@H](O)COCc1ccccc1. The van der Waals surface area contributed by atoms with E-state index in [1.165, 1.54) is 0 Å². The number of amides is 1. The van der Waals surface area contributed by atoms with Gasteiger partial charge in [-0.1, -0.05) is 48.5 Å². The fourth-order valence-corrected chi connectivity index (χ4v) is 2.46. The molecular formula is C22H27NO5. The minimum atomic E-state index is -1.26. The van der Waals surface area contributed by atoms with Crippen molar-refractivity contribution in [3.05, 3.63) is 71.8 Å². The van der Waals surface area contributed by atoms with E-state index in [1.54, 1.807) is 51.1 Å². The van der Waals surface area contributed by atoms with Crippen LogP contribution in [-0.2, 0) is 20.9 Å². The highest BCUT2D eigenvalue weighted by Crippen LogP contribution is 2.12. The van der Waals surface area contributed by atoms with E-state index in [4.69, 9.17) is 9.47 Å². The molecule has 0 unspecified atom stereocenters. The molecule has 0 radical (unpaired) electrons. The number of hydrogen-bond donors (Lipinski definition) is 2. The number of carbonyl (C=O) groups excluding carboxylic acids is 2. The Morgan fingerprint density at radius 3 is 2.14 bits per heavy atom. The molecule has 6 heteroatoms. The number of aliphatic hydroxyl groups excluding tert-OH is 1. The molecule has 0 saturated heterocycles. The summed E-state index contributed by atoms with van der Waals surface area (Å²) in [4.78, 5) is 25.0. The molecule has 0 aliphatic carbocycles. The zero-order valence-corrected chi connectivity index (χ0v) is 16.4. The van der Waals surface area contributed by atoms with Crippen LogP contribution in [0.2, 0.25) is 0 Å². The third kappa shape index (κ3) is 7.13.